The minimum Gasteiger partial charge on any atom is -0.456 e. The maximum Gasteiger partial charge on any atom is 0.144 e. The third kappa shape index (κ3) is 11.3. The van der Waals surface area contributed by atoms with E-state index in [4.69, 9.17) is 8.83 Å². The standard InChI is InChI=1S/C102H107NO2/c1-9-13-17-21-37-60-101(61-38-22-18-14-10-2)81-51-34-31-46-75(81)92-93-78-48-33-36-53-88(78)105-98(93)94-76-57-55-71(65-86(76)102(96(94)95(92)101,62-39-23-19-15-11-3)63-40-24-20-16-12-4)103(97-72(68-42-27-25-28-43-68)49-41-50-73(97)69-44-29-26-30-45-69)70-54-56-74-79-66-85-80(67-84(79)100(7,8)83(74)64-70)90-82(99(85,5)6)58-59-89-91(90)77-47-32-35-52-87(77)104-89/h25-36,41-59,64-67H,9-24,37-40,60-63H2,1-8H3. The minimum atomic E-state index is -0.347. The monoisotopic (exact) mass is 1380 g/mol. The van der Waals surface area contributed by atoms with E-state index in [1.165, 1.54) is 262 Å². The normalized spacial score (nSPS) is 14.9. The molecular formula is C102H107NO2. The van der Waals surface area contributed by atoms with E-state index >= 15 is 0 Å². The summed E-state index contributed by atoms with van der Waals surface area (Å²) in [5.74, 6) is 0. The van der Waals surface area contributed by atoms with E-state index in [1.807, 2.05) is 0 Å². The molecule has 0 bridgehead atoms. The van der Waals surface area contributed by atoms with Crippen molar-refractivity contribution in [1.29, 1.82) is 0 Å². The van der Waals surface area contributed by atoms with Crippen LogP contribution in [0.4, 0.5) is 17.1 Å². The van der Waals surface area contributed by atoms with Crippen molar-refractivity contribution < 1.29 is 8.83 Å². The van der Waals surface area contributed by atoms with E-state index in [0.717, 1.165) is 48.0 Å². The summed E-state index contributed by atoms with van der Waals surface area (Å²) >= 11 is 0. The average Bonchev–Trinajstić information content (AvgIpc) is 1.43. The molecule has 2 heterocycles. The highest BCUT2D eigenvalue weighted by Crippen LogP contribution is 2.68. The highest BCUT2D eigenvalue weighted by atomic mass is 16.3. The predicted molar refractivity (Wildman–Crippen MR) is 448 cm³/mol. The summed E-state index contributed by atoms with van der Waals surface area (Å²) in [4.78, 5) is 2.73. The predicted octanol–water partition coefficient (Wildman–Crippen LogP) is 30.9. The van der Waals surface area contributed by atoms with Crippen molar-refractivity contribution in [2.24, 2.45) is 0 Å². The molecule has 4 aliphatic rings. The Kier molecular flexibility index (Phi) is 18.6. The van der Waals surface area contributed by atoms with Crippen molar-refractivity contribution >= 4 is 60.9 Å². The van der Waals surface area contributed by atoms with Crippen molar-refractivity contribution in [3.8, 4) is 66.8 Å². The van der Waals surface area contributed by atoms with Crippen LogP contribution in [0.2, 0.25) is 0 Å². The van der Waals surface area contributed by atoms with Gasteiger partial charge in [-0.3, -0.25) is 0 Å². The van der Waals surface area contributed by atoms with Gasteiger partial charge in [0, 0.05) is 71.3 Å². The van der Waals surface area contributed by atoms with Gasteiger partial charge in [0.2, 0.25) is 0 Å². The summed E-state index contributed by atoms with van der Waals surface area (Å²) in [5, 5.41) is 4.99. The summed E-state index contributed by atoms with van der Waals surface area (Å²) in [6.07, 6.45) is 29.5. The lowest BCUT2D eigenvalue weighted by molar-refractivity contribution is 0.369. The second-order valence-electron chi connectivity index (χ2n) is 33.1. The van der Waals surface area contributed by atoms with Crippen molar-refractivity contribution in [3.05, 3.63) is 257 Å². The van der Waals surface area contributed by atoms with Gasteiger partial charge < -0.3 is 13.7 Å². The molecular weight excluding hydrogens is 1270 g/mol. The first-order chi connectivity index (χ1) is 51.5. The van der Waals surface area contributed by atoms with Gasteiger partial charge >= 0.3 is 0 Å². The van der Waals surface area contributed by atoms with Gasteiger partial charge in [0.15, 0.2) is 0 Å². The topological polar surface area (TPSA) is 29.5 Å². The Morgan fingerprint density at radius 3 is 1.31 bits per heavy atom. The number of fused-ring (bicyclic) bond motifs is 22. The molecule has 0 saturated carbocycles. The van der Waals surface area contributed by atoms with E-state index in [9.17, 15) is 0 Å². The van der Waals surface area contributed by atoms with Crippen LogP contribution >= 0.6 is 0 Å². The second kappa shape index (κ2) is 28.3. The lowest BCUT2D eigenvalue weighted by Gasteiger charge is -2.40. The number of anilines is 3. The Hall–Kier alpha value is -9.18. The third-order valence-electron chi connectivity index (χ3n) is 26.0. The molecule has 0 N–H and O–H groups in total. The summed E-state index contributed by atoms with van der Waals surface area (Å²) in [6, 6.07) is 82.5. The van der Waals surface area contributed by atoms with Crippen LogP contribution in [0, 0.1) is 0 Å². The van der Waals surface area contributed by atoms with Gasteiger partial charge in [-0.2, -0.15) is 0 Å². The van der Waals surface area contributed by atoms with Crippen LogP contribution in [0.1, 0.15) is 254 Å². The molecule has 105 heavy (non-hydrogen) atoms. The van der Waals surface area contributed by atoms with Crippen molar-refractivity contribution in [2.75, 3.05) is 4.90 Å². The molecule has 3 nitrogen and oxygen atoms in total. The van der Waals surface area contributed by atoms with Gasteiger partial charge in [-0.1, -0.05) is 342 Å². The van der Waals surface area contributed by atoms with E-state index in [-0.39, 0.29) is 21.7 Å². The molecule has 0 amide bonds. The fourth-order valence-electron chi connectivity index (χ4n) is 20.8. The molecule has 17 rings (SSSR count). The molecule has 0 radical (unpaired) electrons. The number of hydrogen-bond donors (Lipinski definition) is 0. The maximum absolute atomic E-state index is 7.73. The number of unbranched alkanes of at least 4 members (excludes halogenated alkanes) is 16. The molecule has 0 saturated heterocycles. The number of nitrogens with zero attached hydrogens (tertiary/aromatic N) is 1. The molecule has 0 atom stereocenters. The number of benzene rings is 11. The fraction of sp³-hybridized carbons (Fsp3) is 0.353. The maximum atomic E-state index is 7.73. The summed E-state index contributed by atoms with van der Waals surface area (Å²) in [7, 11) is 0. The largest absolute Gasteiger partial charge is 0.456 e. The van der Waals surface area contributed by atoms with Gasteiger partial charge in [-0.15, -0.1) is 0 Å². The van der Waals surface area contributed by atoms with E-state index in [0.29, 0.717) is 0 Å². The average molecular weight is 1380 g/mol. The van der Waals surface area contributed by atoms with Crippen LogP contribution in [-0.4, -0.2) is 0 Å². The molecule has 0 fully saturated rings. The molecule has 2 aromatic heterocycles. The Morgan fingerprint density at radius 2 is 0.724 bits per heavy atom. The summed E-state index contributed by atoms with van der Waals surface area (Å²) in [5.41, 5.74) is 34.2. The van der Waals surface area contributed by atoms with Crippen LogP contribution in [-0.2, 0) is 21.7 Å². The number of para-hydroxylation sites is 3. The van der Waals surface area contributed by atoms with Crippen molar-refractivity contribution in [1.82, 2.24) is 0 Å². The third-order valence-corrected chi connectivity index (χ3v) is 26.0. The molecule has 3 heteroatoms. The van der Waals surface area contributed by atoms with Crippen molar-refractivity contribution in [3.63, 3.8) is 0 Å². The zero-order valence-corrected chi connectivity index (χ0v) is 63.9. The van der Waals surface area contributed by atoms with Crippen molar-refractivity contribution in [2.45, 2.75) is 231 Å². The minimum absolute atomic E-state index is 0.166. The number of hydrogen-bond acceptors (Lipinski definition) is 3. The molecule has 13 aromatic rings. The van der Waals surface area contributed by atoms with E-state index in [1.54, 1.807) is 16.7 Å². The van der Waals surface area contributed by atoms with E-state index in [2.05, 4.69) is 273 Å². The molecule has 11 aromatic carbocycles. The van der Waals surface area contributed by atoms with Crippen LogP contribution in [0.3, 0.4) is 0 Å². The first-order valence-electron chi connectivity index (χ1n) is 41.1. The van der Waals surface area contributed by atoms with Crippen LogP contribution in [0.5, 0.6) is 0 Å². The van der Waals surface area contributed by atoms with Gasteiger partial charge in [0.05, 0.1) is 5.69 Å². The van der Waals surface area contributed by atoms with Crippen LogP contribution in [0.25, 0.3) is 111 Å². The van der Waals surface area contributed by atoms with E-state index < -0.39 is 0 Å². The summed E-state index contributed by atoms with van der Waals surface area (Å²) < 4.78 is 14.4. The second-order valence-corrected chi connectivity index (χ2v) is 33.1. The molecule has 0 spiro atoms. The smallest absolute Gasteiger partial charge is 0.144 e. The lowest BCUT2D eigenvalue weighted by Crippen LogP contribution is -2.33. The lowest BCUT2D eigenvalue weighted by atomic mass is 9.62. The number of furan rings is 2. The van der Waals surface area contributed by atoms with Crippen LogP contribution in [0.15, 0.2) is 221 Å². The van der Waals surface area contributed by atoms with Gasteiger partial charge in [0.25, 0.3) is 0 Å². The fourth-order valence-corrected chi connectivity index (χ4v) is 20.8. The Balaban J connectivity index is 0.934. The van der Waals surface area contributed by atoms with Crippen LogP contribution < -0.4 is 4.90 Å². The van der Waals surface area contributed by atoms with Gasteiger partial charge in [-0.05, 0) is 175 Å². The first kappa shape index (κ1) is 68.9. The molecule has 532 valence electrons. The highest BCUT2D eigenvalue weighted by Gasteiger charge is 2.54. The highest BCUT2D eigenvalue weighted by molar-refractivity contribution is 6.21. The van der Waals surface area contributed by atoms with Gasteiger partial charge in [0.1, 0.15) is 22.3 Å². The molecule has 0 aliphatic heterocycles. The molecule has 0 unspecified atom stereocenters. The Morgan fingerprint density at radius 1 is 0.286 bits per heavy atom. The molecule has 4 aliphatic carbocycles. The number of rotatable bonds is 29. The Labute approximate surface area is 625 Å². The van der Waals surface area contributed by atoms with Gasteiger partial charge in [-0.25, -0.2) is 0 Å². The zero-order chi connectivity index (χ0) is 71.6. The summed E-state index contributed by atoms with van der Waals surface area (Å²) in [6.45, 7) is 19.4. The quantitative estimate of drug-likeness (QED) is 0.0438. The Bertz CT molecular complexity index is 5310. The zero-order valence-electron chi connectivity index (χ0n) is 63.9. The first-order valence-corrected chi connectivity index (χ1v) is 41.1. The SMILES string of the molecule is CCCCCCCC1(CCCCCCC)c2cc(N(c3ccc4c(c3)C(C)(C)c3cc5c(cc3-4)C(C)(C)c3ccc4oc6ccccc6c4c3-5)c3c(-c4ccccc4)cccc3-c3ccccc3)ccc2-c2c1c1c(c3c2oc2ccccc23)-c2ccccc2C1(CCCCCCC)CCCCCCC.